The van der Waals surface area contributed by atoms with Gasteiger partial charge in [-0.2, -0.15) is 13.2 Å². The monoisotopic (exact) mass is 680 g/mol. The summed E-state index contributed by atoms with van der Waals surface area (Å²) in [5, 5.41) is 16.8. The van der Waals surface area contributed by atoms with Gasteiger partial charge in [0.2, 0.25) is 0 Å². The number of nitro groups is 1. The molecule has 0 saturated heterocycles. The summed E-state index contributed by atoms with van der Waals surface area (Å²) in [6, 6.07) is 17.0. The molecule has 1 atom stereocenters. The first-order valence-corrected chi connectivity index (χ1v) is 15.1. The number of nitrogens with zero attached hydrogens (tertiary/aromatic N) is 1. The Morgan fingerprint density at radius 3 is 2.49 bits per heavy atom. The maximum absolute atomic E-state index is 13.9. The lowest BCUT2D eigenvalue weighted by Crippen LogP contribution is -2.33. The summed E-state index contributed by atoms with van der Waals surface area (Å²) in [6.07, 6.45) is -3.86. The van der Waals surface area contributed by atoms with Crippen LogP contribution in [0.2, 0.25) is 0 Å². The zero-order valence-electron chi connectivity index (χ0n) is 24.5. The van der Waals surface area contributed by atoms with Crippen LogP contribution in [0.4, 0.5) is 24.5 Å². The van der Waals surface area contributed by atoms with E-state index in [4.69, 9.17) is 9.47 Å². The number of benzene rings is 4. The summed E-state index contributed by atoms with van der Waals surface area (Å²) < 4.78 is 53.8. The Bertz CT molecular complexity index is 1920. The predicted octanol–water partition coefficient (Wildman–Crippen LogP) is 10.0. The minimum atomic E-state index is -4.91. The van der Waals surface area contributed by atoms with E-state index in [-0.39, 0.29) is 29.3 Å². The molecule has 0 amide bonds. The van der Waals surface area contributed by atoms with E-state index in [1.807, 2.05) is 30.3 Å². The molecule has 6 rings (SSSR count). The number of anilines is 1. The molecule has 1 aliphatic carbocycles. The largest absolute Gasteiger partial charge is 0.490 e. The van der Waals surface area contributed by atoms with Gasteiger partial charge in [0.1, 0.15) is 11.3 Å². The number of carbonyl (C=O) groups is 1. The van der Waals surface area contributed by atoms with Crippen LogP contribution < -0.4 is 14.8 Å². The summed E-state index contributed by atoms with van der Waals surface area (Å²) in [5.74, 6) is -0.471. The van der Waals surface area contributed by atoms with Gasteiger partial charge >= 0.3 is 6.18 Å². The van der Waals surface area contributed by atoms with E-state index < -0.39 is 34.1 Å². The fraction of sp³-hybridized carbons (Fsp3) is 0.265. The van der Waals surface area contributed by atoms with Gasteiger partial charge in [-0.3, -0.25) is 14.9 Å². The molecule has 4 aromatic carbocycles. The van der Waals surface area contributed by atoms with Crippen molar-refractivity contribution in [2.75, 3.05) is 11.9 Å². The van der Waals surface area contributed by atoms with Crippen LogP contribution in [-0.4, -0.2) is 17.3 Å². The minimum Gasteiger partial charge on any atom is -0.490 e. The Hall–Kier alpha value is -4.38. The van der Waals surface area contributed by atoms with Gasteiger partial charge in [-0.15, -0.1) is 0 Å². The van der Waals surface area contributed by atoms with Crippen LogP contribution in [0.1, 0.15) is 56.3 Å². The average Bonchev–Trinajstić information content (AvgIpc) is 2.96. The van der Waals surface area contributed by atoms with Crippen molar-refractivity contribution in [1.29, 1.82) is 0 Å². The second kappa shape index (κ2) is 11.2. The van der Waals surface area contributed by atoms with Crippen LogP contribution in [0.25, 0.3) is 16.3 Å². The maximum atomic E-state index is 13.9. The van der Waals surface area contributed by atoms with E-state index in [0.29, 0.717) is 34.5 Å². The maximum Gasteiger partial charge on any atom is 0.420 e. The normalized spacial score (nSPS) is 17.4. The van der Waals surface area contributed by atoms with Crippen molar-refractivity contribution >= 4 is 49.4 Å². The highest BCUT2D eigenvalue weighted by atomic mass is 79.9. The smallest absolute Gasteiger partial charge is 0.420 e. The molecule has 0 fully saturated rings. The van der Waals surface area contributed by atoms with Gasteiger partial charge in [0.25, 0.3) is 5.69 Å². The number of hydrogen-bond donors (Lipinski definition) is 1. The lowest BCUT2D eigenvalue weighted by Gasteiger charge is -2.40. The summed E-state index contributed by atoms with van der Waals surface area (Å²) in [7, 11) is 0. The zero-order valence-corrected chi connectivity index (χ0v) is 26.1. The molecule has 1 aliphatic heterocycles. The molecule has 0 aromatic heterocycles. The molecule has 0 saturated carbocycles. The predicted molar refractivity (Wildman–Crippen MR) is 169 cm³/mol. The molecular weight excluding hydrogens is 653 g/mol. The van der Waals surface area contributed by atoms with E-state index in [9.17, 15) is 28.1 Å². The molecule has 45 heavy (non-hydrogen) atoms. The van der Waals surface area contributed by atoms with Crippen molar-refractivity contribution in [2.45, 2.75) is 45.8 Å². The Balaban J connectivity index is 1.49. The Kier molecular flexibility index (Phi) is 7.63. The van der Waals surface area contributed by atoms with Gasteiger partial charge < -0.3 is 14.8 Å². The molecule has 0 spiro atoms. The SMILES string of the molecule is CCOc1cc([C@@H]2Nc3ccc4ccccc4c3C3=C2C(=O)CC(C)(C)C3)c(Br)cc1Oc1ccc([N+](=O)[O-])cc1C(F)(F)F. The van der Waals surface area contributed by atoms with Crippen molar-refractivity contribution in [3.05, 3.63) is 104 Å². The number of nitro benzene ring substituents is 1. The van der Waals surface area contributed by atoms with Crippen molar-refractivity contribution in [3.8, 4) is 17.2 Å². The summed E-state index contributed by atoms with van der Waals surface area (Å²) in [6.45, 7) is 6.07. The highest BCUT2D eigenvalue weighted by molar-refractivity contribution is 9.10. The molecule has 232 valence electrons. The van der Waals surface area contributed by atoms with E-state index in [1.165, 1.54) is 6.07 Å². The third-order valence-electron chi connectivity index (χ3n) is 8.11. The highest BCUT2D eigenvalue weighted by Crippen LogP contribution is 2.54. The minimum absolute atomic E-state index is 0.0169. The number of carbonyl (C=O) groups excluding carboxylic acids is 1. The van der Waals surface area contributed by atoms with Crippen molar-refractivity contribution in [3.63, 3.8) is 0 Å². The Labute approximate surface area is 265 Å². The number of fused-ring (bicyclic) bond motifs is 4. The molecule has 0 radical (unpaired) electrons. The van der Waals surface area contributed by atoms with Crippen LogP contribution in [0.3, 0.4) is 0 Å². The van der Waals surface area contributed by atoms with Crippen molar-refractivity contribution in [1.82, 2.24) is 0 Å². The Morgan fingerprint density at radius 1 is 1.02 bits per heavy atom. The molecule has 2 aliphatic rings. The standard InChI is InChI=1S/C34H28BrF3N2O5/c1-4-44-28-14-21(24(35)15-29(28)45-27-12-10-19(40(42)43)13-23(27)34(36,37)38)32-31-22(16-33(2,3)17-26(31)41)30-20-8-6-5-7-18(20)9-11-25(30)39-32/h5-15,32,39H,4,16-17H2,1-3H3/t32-/m0/s1. The fourth-order valence-electron chi connectivity index (χ4n) is 6.25. The first kappa shape index (κ1) is 30.6. The number of nitrogens with one attached hydrogen (secondary N) is 1. The van der Waals surface area contributed by atoms with Crippen LogP contribution in [0.15, 0.2) is 76.8 Å². The molecule has 11 heteroatoms. The molecule has 1 heterocycles. The average molecular weight is 682 g/mol. The fourth-order valence-corrected chi connectivity index (χ4v) is 6.80. The van der Waals surface area contributed by atoms with Gasteiger partial charge in [0.05, 0.1) is 17.6 Å². The van der Waals surface area contributed by atoms with Crippen LogP contribution in [-0.2, 0) is 11.0 Å². The van der Waals surface area contributed by atoms with Crippen LogP contribution in [0.5, 0.6) is 17.2 Å². The second-order valence-electron chi connectivity index (χ2n) is 11.9. The number of halogens is 4. The lowest BCUT2D eigenvalue weighted by atomic mass is 9.68. The van der Waals surface area contributed by atoms with Crippen LogP contribution >= 0.6 is 15.9 Å². The van der Waals surface area contributed by atoms with Gasteiger partial charge in [0, 0.05) is 39.9 Å². The zero-order chi connectivity index (χ0) is 32.3. The van der Waals surface area contributed by atoms with E-state index in [2.05, 4.69) is 41.2 Å². The van der Waals surface area contributed by atoms with Gasteiger partial charge in [0.15, 0.2) is 17.3 Å². The number of ether oxygens (including phenoxy) is 2. The summed E-state index contributed by atoms with van der Waals surface area (Å²) >= 11 is 3.59. The van der Waals surface area contributed by atoms with Crippen LogP contribution in [0, 0.1) is 15.5 Å². The van der Waals surface area contributed by atoms with E-state index >= 15 is 0 Å². The summed E-state index contributed by atoms with van der Waals surface area (Å²) in [4.78, 5) is 24.1. The number of allylic oxidation sites excluding steroid dienone is 1. The molecule has 7 nitrogen and oxygen atoms in total. The van der Waals surface area contributed by atoms with Crippen molar-refractivity contribution in [2.24, 2.45) is 5.41 Å². The molecule has 0 bridgehead atoms. The van der Waals surface area contributed by atoms with Gasteiger partial charge in [-0.05, 0) is 64.9 Å². The first-order chi connectivity index (χ1) is 21.3. The summed E-state index contributed by atoms with van der Waals surface area (Å²) in [5.41, 5.74) is 1.87. The molecular formula is C34H28BrF3N2O5. The number of non-ortho nitro benzene ring substituents is 1. The number of hydrogen-bond acceptors (Lipinski definition) is 6. The van der Waals surface area contributed by atoms with E-state index in [0.717, 1.165) is 39.7 Å². The first-order valence-electron chi connectivity index (χ1n) is 14.3. The number of rotatable bonds is 6. The van der Waals surface area contributed by atoms with Gasteiger partial charge in [-0.1, -0.05) is 60.1 Å². The highest BCUT2D eigenvalue weighted by Gasteiger charge is 2.42. The molecule has 1 N–H and O–H groups in total. The molecule has 0 unspecified atom stereocenters. The third-order valence-corrected chi connectivity index (χ3v) is 8.80. The second-order valence-corrected chi connectivity index (χ2v) is 12.8. The quantitative estimate of drug-likeness (QED) is 0.161. The number of alkyl halides is 3. The van der Waals surface area contributed by atoms with Gasteiger partial charge in [-0.25, -0.2) is 0 Å². The third kappa shape index (κ3) is 5.65. The Morgan fingerprint density at radius 2 is 1.78 bits per heavy atom. The van der Waals surface area contributed by atoms with E-state index in [1.54, 1.807) is 13.0 Å². The number of Topliss-reactive ketones (excluding diaryl/α,β-unsaturated/α-hetero) is 1. The number of ketones is 1. The molecule has 4 aromatic rings. The van der Waals surface area contributed by atoms with Crippen molar-refractivity contribution < 1.29 is 32.4 Å². The lowest BCUT2D eigenvalue weighted by molar-refractivity contribution is -0.385. The topological polar surface area (TPSA) is 90.7 Å².